The van der Waals surface area contributed by atoms with Gasteiger partial charge in [-0.1, -0.05) is 25.1 Å². The molecule has 0 aliphatic heterocycles. The number of carboxylic acid groups (broad SMARTS) is 1. The molecule has 0 spiro atoms. The number of hydrogen-bond acceptors (Lipinski definition) is 3. The van der Waals surface area contributed by atoms with E-state index in [1.54, 1.807) is 13.8 Å². The van der Waals surface area contributed by atoms with Crippen molar-refractivity contribution in [2.75, 3.05) is 13.2 Å². The predicted octanol–water partition coefficient (Wildman–Crippen LogP) is 2.07. The molecule has 0 saturated heterocycles. The van der Waals surface area contributed by atoms with Crippen LogP contribution in [0.15, 0.2) is 30.3 Å². The Morgan fingerprint density at radius 1 is 1.30 bits per heavy atom. The Kier molecular flexibility index (Phi) is 6.03. The van der Waals surface area contributed by atoms with Crippen LogP contribution >= 0.6 is 0 Å². The van der Waals surface area contributed by atoms with Crippen LogP contribution in [-0.4, -0.2) is 30.1 Å². The van der Waals surface area contributed by atoms with Gasteiger partial charge in [0, 0.05) is 6.54 Å². The molecule has 0 fully saturated rings. The van der Waals surface area contributed by atoms with E-state index in [0.29, 0.717) is 12.2 Å². The Morgan fingerprint density at radius 3 is 2.50 bits per heavy atom. The van der Waals surface area contributed by atoms with Crippen LogP contribution in [0.3, 0.4) is 0 Å². The highest BCUT2D eigenvalue weighted by Crippen LogP contribution is 2.19. The average molecular weight is 279 g/mol. The zero-order valence-corrected chi connectivity index (χ0v) is 11.9. The van der Waals surface area contributed by atoms with Gasteiger partial charge < -0.3 is 15.2 Å². The minimum Gasteiger partial charge on any atom is -0.493 e. The first kappa shape index (κ1) is 16.0. The van der Waals surface area contributed by atoms with E-state index < -0.39 is 11.4 Å². The Hall–Kier alpha value is -2.04. The van der Waals surface area contributed by atoms with Crippen molar-refractivity contribution in [3.05, 3.63) is 30.3 Å². The zero-order valence-electron chi connectivity index (χ0n) is 11.9. The molecule has 1 rings (SSSR count). The summed E-state index contributed by atoms with van der Waals surface area (Å²) >= 11 is 0. The second-order valence-corrected chi connectivity index (χ2v) is 4.91. The number of carbonyl (C=O) groups is 2. The SMILES string of the molecule is CCC(C)(CNC(=O)CCOc1ccccc1)C(=O)O. The van der Waals surface area contributed by atoms with Crippen molar-refractivity contribution in [2.24, 2.45) is 5.41 Å². The summed E-state index contributed by atoms with van der Waals surface area (Å²) in [5, 5.41) is 11.7. The van der Waals surface area contributed by atoms with Gasteiger partial charge in [-0.2, -0.15) is 0 Å². The van der Waals surface area contributed by atoms with E-state index in [-0.39, 0.29) is 25.5 Å². The highest BCUT2D eigenvalue weighted by Gasteiger charge is 2.31. The van der Waals surface area contributed by atoms with E-state index >= 15 is 0 Å². The third-order valence-electron chi connectivity index (χ3n) is 3.31. The molecule has 0 radical (unpaired) electrons. The Balaban J connectivity index is 2.29. The fourth-order valence-corrected chi connectivity index (χ4v) is 1.51. The molecule has 0 heterocycles. The zero-order chi connectivity index (χ0) is 15.0. The quantitative estimate of drug-likeness (QED) is 0.764. The lowest BCUT2D eigenvalue weighted by molar-refractivity contribution is -0.148. The first-order valence-electron chi connectivity index (χ1n) is 6.66. The van der Waals surface area contributed by atoms with E-state index in [4.69, 9.17) is 9.84 Å². The fourth-order valence-electron chi connectivity index (χ4n) is 1.51. The van der Waals surface area contributed by atoms with E-state index in [9.17, 15) is 9.59 Å². The molecule has 1 aromatic rings. The highest BCUT2D eigenvalue weighted by atomic mass is 16.5. The topological polar surface area (TPSA) is 75.6 Å². The maximum absolute atomic E-state index is 11.6. The van der Waals surface area contributed by atoms with E-state index in [1.165, 1.54) is 0 Å². The fraction of sp³-hybridized carbons (Fsp3) is 0.467. The molecule has 1 aromatic carbocycles. The van der Waals surface area contributed by atoms with Gasteiger partial charge in [0.1, 0.15) is 5.75 Å². The Bertz CT molecular complexity index is 446. The molecular formula is C15H21NO4. The molecule has 0 saturated carbocycles. The highest BCUT2D eigenvalue weighted by molar-refractivity contribution is 5.78. The number of carbonyl (C=O) groups excluding carboxylic acids is 1. The Labute approximate surface area is 118 Å². The second kappa shape index (κ2) is 7.53. The van der Waals surface area contributed by atoms with Gasteiger partial charge in [-0.15, -0.1) is 0 Å². The van der Waals surface area contributed by atoms with Crippen LogP contribution in [0.1, 0.15) is 26.7 Å². The summed E-state index contributed by atoms with van der Waals surface area (Å²) in [6.45, 7) is 3.81. The van der Waals surface area contributed by atoms with Gasteiger partial charge in [0.2, 0.25) is 5.91 Å². The molecule has 0 aromatic heterocycles. The number of nitrogens with one attached hydrogen (secondary N) is 1. The van der Waals surface area contributed by atoms with Gasteiger partial charge in [-0.25, -0.2) is 0 Å². The van der Waals surface area contributed by atoms with Crippen LogP contribution in [0.2, 0.25) is 0 Å². The summed E-state index contributed by atoms with van der Waals surface area (Å²) in [5.74, 6) is -0.396. The van der Waals surface area contributed by atoms with Gasteiger partial charge in [0.05, 0.1) is 18.4 Å². The molecule has 20 heavy (non-hydrogen) atoms. The Morgan fingerprint density at radius 2 is 1.95 bits per heavy atom. The maximum Gasteiger partial charge on any atom is 0.311 e. The van der Waals surface area contributed by atoms with Crippen LogP contribution in [0.4, 0.5) is 0 Å². The van der Waals surface area contributed by atoms with E-state index in [1.807, 2.05) is 30.3 Å². The normalized spacial score (nSPS) is 13.3. The second-order valence-electron chi connectivity index (χ2n) is 4.91. The summed E-state index contributed by atoms with van der Waals surface area (Å²) in [7, 11) is 0. The summed E-state index contributed by atoms with van der Waals surface area (Å²) < 4.78 is 5.41. The van der Waals surface area contributed by atoms with Crippen LogP contribution in [0, 0.1) is 5.41 Å². The molecule has 1 unspecified atom stereocenters. The number of benzene rings is 1. The van der Waals surface area contributed by atoms with Crippen LogP contribution in [-0.2, 0) is 9.59 Å². The molecule has 5 nitrogen and oxygen atoms in total. The van der Waals surface area contributed by atoms with Crippen molar-refractivity contribution in [2.45, 2.75) is 26.7 Å². The lowest BCUT2D eigenvalue weighted by atomic mass is 9.88. The summed E-state index contributed by atoms with van der Waals surface area (Å²) in [5.41, 5.74) is -0.921. The molecule has 5 heteroatoms. The van der Waals surface area contributed by atoms with Gasteiger partial charge in [-0.05, 0) is 25.5 Å². The first-order chi connectivity index (χ1) is 9.48. The van der Waals surface area contributed by atoms with Gasteiger partial charge >= 0.3 is 5.97 Å². The largest absolute Gasteiger partial charge is 0.493 e. The van der Waals surface area contributed by atoms with Crippen molar-refractivity contribution in [3.8, 4) is 5.75 Å². The molecule has 0 bridgehead atoms. The van der Waals surface area contributed by atoms with Crippen molar-refractivity contribution < 1.29 is 19.4 Å². The van der Waals surface area contributed by atoms with Crippen molar-refractivity contribution >= 4 is 11.9 Å². The lowest BCUT2D eigenvalue weighted by Crippen LogP contribution is -2.40. The van der Waals surface area contributed by atoms with Crippen LogP contribution < -0.4 is 10.1 Å². The number of hydrogen-bond donors (Lipinski definition) is 2. The molecular weight excluding hydrogens is 258 g/mol. The first-order valence-corrected chi connectivity index (χ1v) is 6.66. The number of rotatable bonds is 8. The lowest BCUT2D eigenvalue weighted by Gasteiger charge is -2.23. The van der Waals surface area contributed by atoms with Gasteiger partial charge in [0.25, 0.3) is 0 Å². The van der Waals surface area contributed by atoms with Crippen molar-refractivity contribution in [3.63, 3.8) is 0 Å². The van der Waals surface area contributed by atoms with E-state index in [0.717, 1.165) is 0 Å². The van der Waals surface area contributed by atoms with Gasteiger partial charge in [-0.3, -0.25) is 9.59 Å². The minimum absolute atomic E-state index is 0.128. The molecule has 2 N–H and O–H groups in total. The number of ether oxygens (including phenoxy) is 1. The predicted molar refractivity (Wildman–Crippen MR) is 75.6 cm³/mol. The summed E-state index contributed by atoms with van der Waals surface area (Å²) in [4.78, 5) is 22.7. The maximum atomic E-state index is 11.6. The number of para-hydroxylation sites is 1. The number of aliphatic carboxylic acids is 1. The molecule has 0 aliphatic carbocycles. The van der Waals surface area contributed by atoms with Crippen LogP contribution in [0.25, 0.3) is 0 Å². The molecule has 1 amide bonds. The third-order valence-corrected chi connectivity index (χ3v) is 3.31. The molecule has 1 atom stereocenters. The minimum atomic E-state index is -0.921. The van der Waals surface area contributed by atoms with Crippen molar-refractivity contribution in [1.29, 1.82) is 0 Å². The summed E-state index contributed by atoms with van der Waals surface area (Å²) in [6.07, 6.45) is 0.664. The van der Waals surface area contributed by atoms with Crippen molar-refractivity contribution in [1.82, 2.24) is 5.32 Å². The van der Waals surface area contributed by atoms with Gasteiger partial charge in [0.15, 0.2) is 0 Å². The molecule has 0 aliphatic rings. The van der Waals surface area contributed by atoms with Crippen LogP contribution in [0.5, 0.6) is 5.75 Å². The summed E-state index contributed by atoms with van der Waals surface area (Å²) in [6, 6.07) is 9.23. The average Bonchev–Trinajstić information content (AvgIpc) is 2.45. The number of carboxylic acids is 1. The standard InChI is InChI=1S/C15H21NO4/c1-3-15(2,14(18)19)11-16-13(17)9-10-20-12-7-5-4-6-8-12/h4-8H,3,9-11H2,1-2H3,(H,16,17)(H,18,19). The third kappa shape index (κ3) is 4.91. The monoisotopic (exact) mass is 279 g/mol. The molecule has 110 valence electrons. The smallest absolute Gasteiger partial charge is 0.311 e. The van der Waals surface area contributed by atoms with E-state index in [2.05, 4.69) is 5.32 Å². The number of amides is 1.